The van der Waals surface area contributed by atoms with Crippen molar-refractivity contribution in [2.75, 3.05) is 11.6 Å². The van der Waals surface area contributed by atoms with Crippen molar-refractivity contribution in [3.8, 4) is 11.3 Å². The Hall–Kier alpha value is -1.97. The second kappa shape index (κ2) is 4.72. The summed E-state index contributed by atoms with van der Waals surface area (Å²) in [5.41, 5.74) is 10.3. The van der Waals surface area contributed by atoms with Gasteiger partial charge < -0.3 is 11.6 Å². The van der Waals surface area contributed by atoms with E-state index in [1.807, 2.05) is 0 Å². The number of benzene rings is 1. The fourth-order valence-electron chi connectivity index (χ4n) is 2.08. The van der Waals surface area contributed by atoms with Crippen molar-refractivity contribution < 1.29 is 0 Å². The maximum absolute atomic E-state index is 6.06. The molecule has 4 nitrogen and oxygen atoms in total. The summed E-state index contributed by atoms with van der Waals surface area (Å²) in [6.07, 6.45) is 1.84. The van der Waals surface area contributed by atoms with E-state index in [4.69, 9.17) is 11.6 Å². The Labute approximate surface area is 108 Å². The van der Waals surface area contributed by atoms with Gasteiger partial charge in [0.2, 0.25) is 0 Å². The van der Waals surface area contributed by atoms with E-state index in [9.17, 15) is 0 Å². The number of aromatic nitrogens is 2. The van der Waals surface area contributed by atoms with E-state index < -0.39 is 0 Å². The maximum atomic E-state index is 6.06. The molecule has 0 saturated carbocycles. The van der Waals surface area contributed by atoms with E-state index in [0.717, 1.165) is 35.5 Å². The molecular weight excluding hydrogens is 224 g/mol. The molecule has 0 radical (unpaired) electrons. The van der Waals surface area contributed by atoms with E-state index in [-0.39, 0.29) is 0 Å². The number of aryl methyl sites for hydroxylation is 3. The van der Waals surface area contributed by atoms with Crippen molar-refractivity contribution in [3.05, 3.63) is 35.2 Å². The molecule has 1 aromatic carbocycles. The topological polar surface area (TPSA) is 69.9 Å². The number of anilines is 1. The van der Waals surface area contributed by atoms with E-state index in [2.05, 4.69) is 44.0 Å². The van der Waals surface area contributed by atoms with Crippen molar-refractivity contribution in [1.82, 2.24) is 9.66 Å². The zero-order valence-electron chi connectivity index (χ0n) is 11.2. The van der Waals surface area contributed by atoms with Crippen LogP contribution < -0.4 is 11.6 Å². The molecule has 0 aliphatic carbocycles. The summed E-state index contributed by atoms with van der Waals surface area (Å²) in [4.78, 5) is 4.58. The molecule has 0 saturated heterocycles. The van der Waals surface area contributed by atoms with Gasteiger partial charge in [0.25, 0.3) is 0 Å². The average molecular weight is 244 g/mol. The maximum Gasteiger partial charge on any atom is 0.150 e. The molecule has 0 amide bonds. The van der Waals surface area contributed by atoms with Crippen LogP contribution in [0.3, 0.4) is 0 Å². The molecular formula is C14H20N4. The van der Waals surface area contributed by atoms with Crippen LogP contribution in [0.25, 0.3) is 11.3 Å². The van der Waals surface area contributed by atoms with Crippen LogP contribution in [0.1, 0.15) is 30.3 Å². The lowest BCUT2D eigenvalue weighted by molar-refractivity contribution is 0.794. The molecule has 0 bridgehead atoms. The molecule has 0 fully saturated rings. The lowest BCUT2D eigenvalue weighted by Crippen LogP contribution is -2.15. The third-order valence-corrected chi connectivity index (χ3v) is 3.14. The van der Waals surface area contributed by atoms with E-state index in [0.29, 0.717) is 5.82 Å². The third kappa shape index (κ3) is 2.06. The van der Waals surface area contributed by atoms with E-state index in [1.165, 1.54) is 10.2 Å². The molecule has 0 aliphatic rings. The van der Waals surface area contributed by atoms with Crippen LogP contribution in [0.5, 0.6) is 0 Å². The summed E-state index contributed by atoms with van der Waals surface area (Å²) < 4.78 is 1.50. The highest BCUT2D eigenvalue weighted by atomic mass is 15.4. The van der Waals surface area contributed by atoms with Crippen molar-refractivity contribution in [3.63, 3.8) is 0 Å². The van der Waals surface area contributed by atoms with Crippen molar-refractivity contribution >= 4 is 5.82 Å². The van der Waals surface area contributed by atoms with Gasteiger partial charge in [-0.25, -0.2) is 9.66 Å². The van der Waals surface area contributed by atoms with Gasteiger partial charge >= 0.3 is 0 Å². The fraction of sp³-hybridized carbons (Fsp3) is 0.357. The standard InChI is InChI=1S/C14H20N4/c1-4-5-12-17-13(14(15)18(12)16)11-8-9(2)6-7-10(11)3/h6-8H,4-5,15-16H2,1-3H3. The Balaban J connectivity index is 2.57. The minimum absolute atomic E-state index is 0.534. The van der Waals surface area contributed by atoms with Gasteiger partial charge in [0.15, 0.2) is 5.82 Å². The molecule has 2 rings (SSSR count). The molecule has 1 aromatic heterocycles. The van der Waals surface area contributed by atoms with Gasteiger partial charge in [-0.2, -0.15) is 0 Å². The van der Waals surface area contributed by atoms with Crippen molar-refractivity contribution in [2.24, 2.45) is 0 Å². The number of nitrogens with zero attached hydrogens (tertiary/aromatic N) is 2. The van der Waals surface area contributed by atoms with Crippen LogP contribution in [-0.2, 0) is 6.42 Å². The van der Waals surface area contributed by atoms with Crippen LogP contribution in [0, 0.1) is 13.8 Å². The first-order valence-corrected chi connectivity index (χ1v) is 6.24. The number of nitrogens with two attached hydrogens (primary N) is 2. The largest absolute Gasteiger partial charge is 0.382 e. The summed E-state index contributed by atoms with van der Waals surface area (Å²) in [6.45, 7) is 6.22. The first-order chi connectivity index (χ1) is 8.54. The van der Waals surface area contributed by atoms with Gasteiger partial charge in [0.05, 0.1) is 0 Å². The molecule has 4 heteroatoms. The molecule has 2 aromatic rings. The van der Waals surface area contributed by atoms with Crippen LogP contribution in [-0.4, -0.2) is 9.66 Å². The molecule has 0 unspecified atom stereocenters. The van der Waals surface area contributed by atoms with Crippen LogP contribution in [0.2, 0.25) is 0 Å². The smallest absolute Gasteiger partial charge is 0.150 e. The highest BCUT2D eigenvalue weighted by molar-refractivity contribution is 5.74. The van der Waals surface area contributed by atoms with Gasteiger partial charge in [-0.3, -0.25) is 0 Å². The minimum atomic E-state index is 0.534. The number of nitrogen functional groups attached to an aromatic ring is 2. The normalized spacial score (nSPS) is 10.8. The molecule has 4 N–H and O–H groups in total. The second-order valence-corrected chi connectivity index (χ2v) is 4.70. The first-order valence-electron chi connectivity index (χ1n) is 6.24. The monoisotopic (exact) mass is 244 g/mol. The van der Waals surface area contributed by atoms with Gasteiger partial charge in [-0.05, 0) is 31.9 Å². The summed E-state index contributed by atoms with van der Waals surface area (Å²) in [5.74, 6) is 7.32. The number of rotatable bonds is 3. The van der Waals surface area contributed by atoms with Gasteiger partial charge in [-0.15, -0.1) is 0 Å². The Morgan fingerprint density at radius 2 is 2.00 bits per heavy atom. The van der Waals surface area contributed by atoms with Crippen molar-refractivity contribution in [1.29, 1.82) is 0 Å². The third-order valence-electron chi connectivity index (χ3n) is 3.14. The molecule has 0 atom stereocenters. The van der Waals surface area contributed by atoms with E-state index >= 15 is 0 Å². The lowest BCUT2D eigenvalue weighted by Gasteiger charge is -2.05. The van der Waals surface area contributed by atoms with Crippen molar-refractivity contribution in [2.45, 2.75) is 33.6 Å². The Morgan fingerprint density at radius 1 is 1.28 bits per heavy atom. The predicted molar refractivity (Wildman–Crippen MR) is 75.7 cm³/mol. The molecule has 0 spiro atoms. The van der Waals surface area contributed by atoms with E-state index in [1.54, 1.807) is 0 Å². The van der Waals surface area contributed by atoms with Gasteiger partial charge in [-0.1, -0.05) is 24.6 Å². The molecule has 18 heavy (non-hydrogen) atoms. The molecule has 96 valence electrons. The zero-order valence-corrected chi connectivity index (χ0v) is 11.2. The number of hydrogen-bond donors (Lipinski definition) is 2. The number of imidazole rings is 1. The summed E-state index contributed by atoms with van der Waals surface area (Å²) in [5, 5.41) is 0. The Kier molecular flexibility index (Phi) is 3.28. The predicted octanol–water partition coefficient (Wildman–Crippen LogP) is 2.42. The molecule has 1 heterocycles. The first kappa shape index (κ1) is 12.5. The quantitative estimate of drug-likeness (QED) is 0.815. The Bertz CT molecular complexity index is 569. The van der Waals surface area contributed by atoms with Gasteiger partial charge in [0.1, 0.15) is 11.5 Å². The van der Waals surface area contributed by atoms with Crippen LogP contribution in [0.15, 0.2) is 18.2 Å². The second-order valence-electron chi connectivity index (χ2n) is 4.70. The lowest BCUT2D eigenvalue weighted by atomic mass is 10.0. The summed E-state index contributed by atoms with van der Waals surface area (Å²) >= 11 is 0. The van der Waals surface area contributed by atoms with Crippen LogP contribution in [0.4, 0.5) is 5.82 Å². The summed E-state index contributed by atoms with van der Waals surface area (Å²) in [6, 6.07) is 6.27. The average Bonchev–Trinajstić information content (AvgIpc) is 2.61. The molecule has 0 aliphatic heterocycles. The number of hydrogen-bond acceptors (Lipinski definition) is 3. The summed E-state index contributed by atoms with van der Waals surface area (Å²) in [7, 11) is 0. The SMILES string of the molecule is CCCc1nc(-c2cc(C)ccc2C)c(N)n1N. The van der Waals surface area contributed by atoms with Gasteiger partial charge in [0, 0.05) is 12.0 Å². The Morgan fingerprint density at radius 3 is 2.67 bits per heavy atom. The zero-order chi connectivity index (χ0) is 13.3. The highest BCUT2D eigenvalue weighted by Crippen LogP contribution is 2.28. The fourth-order valence-corrected chi connectivity index (χ4v) is 2.08. The van der Waals surface area contributed by atoms with Crippen LogP contribution >= 0.6 is 0 Å². The highest BCUT2D eigenvalue weighted by Gasteiger charge is 2.15. The minimum Gasteiger partial charge on any atom is -0.382 e.